The number of hydrazone groups is 1. The van der Waals surface area contributed by atoms with Crippen LogP contribution in [0.5, 0.6) is 28.7 Å². The van der Waals surface area contributed by atoms with Gasteiger partial charge in [-0.3, -0.25) is 9.10 Å². The summed E-state index contributed by atoms with van der Waals surface area (Å²) in [4.78, 5) is 12.8. The Morgan fingerprint density at radius 1 is 0.900 bits per heavy atom. The van der Waals surface area contributed by atoms with Gasteiger partial charge in [-0.2, -0.15) is 10.4 Å². The summed E-state index contributed by atoms with van der Waals surface area (Å²) in [7, 11) is 1.29. The molecule has 13 heteroatoms. The van der Waals surface area contributed by atoms with E-state index < -0.39 is 22.5 Å². The molecule has 1 N–H and O–H groups in total. The zero-order valence-electron chi connectivity index (χ0n) is 22.3. The summed E-state index contributed by atoms with van der Waals surface area (Å²) < 4.78 is 55.0. The largest absolute Gasteiger partial charge is 0.497 e. The van der Waals surface area contributed by atoms with Crippen molar-refractivity contribution in [2.45, 2.75) is 4.90 Å². The molecule has 0 saturated heterocycles. The van der Waals surface area contributed by atoms with Gasteiger partial charge in [0.25, 0.3) is 15.9 Å². The number of methoxy groups -OCH3 is 4. The molecule has 0 saturated carbocycles. The molecule has 3 aromatic rings. The Morgan fingerprint density at radius 2 is 1.55 bits per heavy atom. The fourth-order valence-corrected chi connectivity index (χ4v) is 4.95. The molecule has 0 aliphatic rings. The molecule has 0 atom stereocenters. The predicted molar refractivity (Wildman–Crippen MR) is 147 cm³/mol. The van der Waals surface area contributed by atoms with Crippen LogP contribution in [0.1, 0.15) is 5.56 Å². The maximum atomic E-state index is 13.9. The molecule has 3 rings (SSSR count). The van der Waals surface area contributed by atoms with Gasteiger partial charge in [0.05, 0.1) is 45.2 Å². The van der Waals surface area contributed by atoms with Crippen LogP contribution in [0.3, 0.4) is 0 Å². The lowest BCUT2D eigenvalue weighted by atomic mass is 10.2. The summed E-state index contributed by atoms with van der Waals surface area (Å²) in [6.07, 6.45) is 1.38. The molecule has 0 bridgehead atoms. The molecule has 12 nitrogen and oxygen atoms in total. The highest BCUT2D eigenvalue weighted by Crippen LogP contribution is 2.37. The van der Waals surface area contributed by atoms with E-state index in [0.717, 1.165) is 4.31 Å². The number of rotatable bonds is 13. The van der Waals surface area contributed by atoms with E-state index in [1.165, 1.54) is 65.0 Å². The monoisotopic (exact) mass is 568 g/mol. The lowest BCUT2D eigenvalue weighted by molar-refractivity contribution is -0.119. The van der Waals surface area contributed by atoms with E-state index >= 15 is 0 Å². The van der Waals surface area contributed by atoms with E-state index in [0.29, 0.717) is 22.8 Å². The summed E-state index contributed by atoms with van der Waals surface area (Å²) in [5.41, 5.74) is 3.05. The molecule has 3 aromatic carbocycles. The number of hydrogen-bond acceptors (Lipinski definition) is 10. The zero-order chi connectivity index (χ0) is 29.1. The molecular weight excluding hydrogens is 540 g/mol. The van der Waals surface area contributed by atoms with Gasteiger partial charge in [-0.1, -0.05) is 0 Å². The third kappa shape index (κ3) is 7.12. The van der Waals surface area contributed by atoms with Gasteiger partial charge >= 0.3 is 0 Å². The molecule has 0 radical (unpaired) electrons. The number of ether oxygens (including phenoxy) is 5. The Morgan fingerprint density at radius 3 is 2.17 bits per heavy atom. The summed E-state index contributed by atoms with van der Waals surface area (Å²) >= 11 is 0. The van der Waals surface area contributed by atoms with Crippen LogP contribution in [0.15, 0.2) is 70.7 Å². The van der Waals surface area contributed by atoms with Crippen LogP contribution in [0.2, 0.25) is 0 Å². The van der Waals surface area contributed by atoms with Gasteiger partial charge < -0.3 is 23.7 Å². The number of amides is 1. The van der Waals surface area contributed by atoms with E-state index in [2.05, 4.69) is 10.5 Å². The highest BCUT2D eigenvalue weighted by molar-refractivity contribution is 7.92. The smallest absolute Gasteiger partial charge is 0.265 e. The molecule has 0 aliphatic heterocycles. The van der Waals surface area contributed by atoms with E-state index in [9.17, 15) is 13.2 Å². The van der Waals surface area contributed by atoms with E-state index in [4.69, 9.17) is 28.9 Å². The van der Waals surface area contributed by atoms with Crippen molar-refractivity contribution in [1.82, 2.24) is 5.43 Å². The second-order valence-electron chi connectivity index (χ2n) is 7.88. The fourth-order valence-electron chi connectivity index (χ4n) is 3.51. The lowest BCUT2D eigenvalue weighted by Crippen LogP contribution is -2.39. The van der Waals surface area contributed by atoms with Crippen LogP contribution in [0, 0.1) is 11.3 Å². The minimum atomic E-state index is -4.34. The van der Waals surface area contributed by atoms with Crippen LogP contribution in [-0.4, -0.2) is 62.1 Å². The molecule has 0 unspecified atom stereocenters. The first-order valence-corrected chi connectivity index (χ1v) is 13.1. The molecular formula is C27H28N4O8S. The van der Waals surface area contributed by atoms with E-state index in [1.807, 2.05) is 6.07 Å². The quantitative estimate of drug-likeness (QED) is 0.243. The molecule has 0 spiro atoms. The number of nitriles is 1. The Labute approximate surface area is 232 Å². The van der Waals surface area contributed by atoms with Crippen molar-refractivity contribution in [3.8, 4) is 34.8 Å². The summed E-state index contributed by atoms with van der Waals surface area (Å²) in [6.45, 7) is -0.719. The number of benzene rings is 3. The van der Waals surface area contributed by atoms with Crippen molar-refractivity contribution in [1.29, 1.82) is 5.26 Å². The van der Waals surface area contributed by atoms with Crippen LogP contribution in [0.4, 0.5) is 5.69 Å². The van der Waals surface area contributed by atoms with Gasteiger partial charge in [0.2, 0.25) is 0 Å². The topological polar surface area (TPSA) is 149 Å². The number of anilines is 1. The maximum Gasteiger partial charge on any atom is 0.265 e. The van der Waals surface area contributed by atoms with E-state index in [1.54, 1.807) is 30.3 Å². The van der Waals surface area contributed by atoms with Crippen molar-refractivity contribution in [3.05, 3.63) is 66.2 Å². The van der Waals surface area contributed by atoms with Crippen molar-refractivity contribution in [2.24, 2.45) is 5.10 Å². The lowest BCUT2D eigenvalue weighted by Gasteiger charge is -2.26. The molecule has 0 fully saturated rings. The van der Waals surface area contributed by atoms with Gasteiger partial charge in [-0.25, -0.2) is 13.8 Å². The van der Waals surface area contributed by atoms with Crippen molar-refractivity contribution < 1.29 is 36.9 Å². The van der Waals surface area contributed by atoms with Crippen molar-refractivity contribution in [2.75, 3.05) is 45.9 Å². The van der Waals surface area contributed by atoms with Crippen LogP contribution in [0.25, 0.3) is 0 Å². The first-order chi connectivity index (χ1) is 19.3. The molecule has 210 valence electrons. The van der Waals surface area contributed by atoms with Gasteiger partial charge in [-0.05, 0) is 54.1 Å². The number of nitrogens with one attached hydrogen (secondary N) is 1. The standard InChI is InChI=1S/C27H28N4O8S/c1-35-21-9-11-24(36-2)23(15-21)31(40(33,34)22-10-12-25(37-3)26(16-22)38-4)18-27(32)30-29-17-19-5-7-20(8-6-19)39-14-13-28/h5-12,15-17H,14,18H2,1-4H3,(H,30,32)/b29-17-. The first kappa shape index (κ1) is 29.6. The number of sulfonamides is 1. The average molecular weight is 569 g/mol. The third-order valence-electron chi connectivity index (χ3n) is 5.47. The molecule has 0 aliphatic carbocycles. The summed E-state index contributed by atoms with van der Waals surface area (Å²) in [5, 5.41) is 12.5. The highest BCUT2D eigenvalue weighted by atomic mass is 32.2. The molecule has 0 aromatic heterocycles. The Balaban J connectivity index is 1.92. The molecule has 0 heterocycles. The van der Waals surface area contributed by atoms with Crippen LogP contribution < -0.4 is 33.4 Å². The Kier molecular flexibility index (Phi) is 10.2. The van der Waals surface area contributed by atoms with Crippen molar-refractivity contribution >= 4 is 27.8 Å². The van der Waals surface area contributed by atoms with Crippen LogP contribution in [-0.2, 0) is 14.8 Å². The summed E-state index contributed by atoms with van der Waals surface area (Å²) in [5.74, 6) is 0.858. The molecule has 40 heavy (non-hydrogen) atoms. The fraction of sp³-hybridized carbons (Fsp3) is 0.222. The number of carbonyl (C=O) groups excluding carboxylic acids is 1. The molecule has 1 amide bonds. The van der Waals surface area contributed by atoms with Gasteiger partial charge in [-0.15, -0.1) is 0 Å². The van der Waals surface area contributed by atoms with E-state index in [-0.39, 0.29) is 28.7 Å². The minimum absolute atomic E-state index is 0.0729. The highest BCUT2D eigenvalue weighted by Gasteiger charge is 2.31. The first-order valence-electron chi connectivity index (χ1n) is 11.7. The maximum absolute atomic E-state index is 13.9. The average Bonchev–Trinajstić information content (AvgIpc) is 2.98. The zero-order valence-corrected chi connectivity index (χ0v) is 23.1. The number of nitrogens with zero attached hydrogens (tertiary/aromatic N) is 3. The minimum Gasteiger partial charge on any atom is -0.497 e. The van der Waals surface area contributed by atoms with Crippen molar-refractivity contribution in [3.63, 3.8) is 0 Å². The number of hydrogen-bond donors (Lipinski definition) is 1. The summed E-state index contributed by atoms with van der Waals surface area (Å²) in [6, 6.07) is 17.2. The Bertz CT molecular complexity index is 1500. The second-order valence-corrected chi connectivity index (χ2v) is 9.74. The second kappa shape index (κ2) is 13.7. The van der Waals surface area contributed by atoms with Gasteiger partial charge in [0, 0.05) is 12.1 Å². The Hall–Kier alpha value is -4.96. The van der Waals surface area contributed by atoms with Gasteiger partial charge in [0.15, 0.2) is 18.1 Å². The number of carbonyl (C=O) groups is 1. The SMILES string of the molecule is COc1ccc(OC)c(N(CC(=O)N/N=C\c2ccc(OCC#N)cc2)S(=O)(=O)c2ccc(OC)c(OC)c2)c1. The van der Waals surface area contributed by atoms with Crippen LogP contribution >= 0.6 is 0 Å². The predicted octanol–water partition coefficient (Wildman–Crippen LogP) is 2.97. The third-order valence-corrected chi connectivity index (χ3v) is 7.23. The normalized spacial score (nSPS) is 10.9. The van der Waals surface area contributed by atoms with Gasteiger partial charge in [0.1, 0.15) is 29.9 Å².